The molecule has 0 aliphatic carbocycles. The van der Waals surface area contributed by atoms with Crippen molar-refractivity contribution in [2.45, 2.75) is 98.4 Å². The lowest BCUT2D eigenvalue weighted by atomic mass is 9.98. The number of ether oxygens (including phenoxy) is 1. The molecule has 0 fully saturated rings. The molecular weight excluding hydrogens is 434 g/mol. The SMILES string of the molecule is CCCC(C)NC(=O)C(c1ccc(O)cc1)N(CCC)C(=O)C(NC(=O)OC(C)(C)C)C(C)C. The second kappa shape index (κ2) is 13.2. The summed E-state index contributed by atoms with van der Waals surface area (Å²) in [5.74, 6) is -0.823. The van der Waals surface area contributed by atoms with Gasteiger partial charge in [0.1, 0.15) is 23.4 Å². The first kappa shape index (κ1) is 29.3. The van der Waals surface area contributed by atoms with Gasteiger partial charge in [-0.05, 0) is 64.2 Å². The minimum absolute atomic E-state index is 0.0588. The Morgan fingerprint density at radius 1 is 1.00 bits per heavy atom. The lowest BCUT2D eigenvalue weighted by molar-refractivity contribution is -0.143. The Morgan fingerprint density at radius 3 is 2.06 bits per heavy atom. The van der Waals surface area contributed by atoms with Gasteiger partial charge in [0.25, 0.3) is 0 Å². The van der Waals surface area contributed by atoms with Crippen molar-refractivity contribution >= 4 is 17.9 Å². The van der Waals surface area contributed by atoms with Crippen molar-refractivity contribution in [3.63, 3.8) is 0 Å². The maximum atomic E-state index is 13.8. The highest BCUT2D eigenvalue weighted by molar-refractivity contribution is 5.92. The Hall–Kier alpha value is -2.77. The number of alkyl carbamates (subject to hydrolysis) is 1. The Morgan fingerprint density at radius 2 is 1.59 bits per heavy atom. The van der Waals surface area contributed by atoms with E-state index in [1.807, 2.05) is 34.6 Å². The van der Waals surface area contributed by atoms with Gasteiger partial charge < -0.3 is 25.4 Å². The van der Waals surface area contributed by atoms with Crippen LogP contribution in [-0.4, -0.2) is 52.1 Å². The zero-order valence-electron chi connectivity index (χ0n) is 22.0. The molecule has 8 heteroatoms. The Bertz CT molecular complexity index is 802. The van der Waals surface area contributed by atoms with Gasteiger partial charge in [0, 0.05) is 12.6 Å². The lowest BCUT2D eigenvalue weighted by Gasteiger charge is -2.36. The van der Waals surface area contributed by atoms with Crippen LogP contribution in [-0.2, 0) is 14.3 Å². The second-order valence-corrected chi connectivity index (χ2v) is 10.1. The summed E-state index contributed by atoms with van der Waals surface area (Å²) in [5, 5.41) is 15.5. The number of rotatable bonds is 11. The van der Waals surface area contributed by atoms with Crippen molar-refractivity contribution in [3.05, 3.63) is 29.8 Å². The molecule has 8 nitrogen and oxygen atoms in total. The van der Waals surface area contributed by atoms with Crippen molar-refractivity contribution in [1.82, 2.24) is 15.5 Å². The van der Waals surface area contributed by atoms with Gasteiger partial charge >= 0.3 is 6.09 Å². The number of amides is 3. The van der Waals surface area contributed by atoms with E-state index < -0.39 is 23.8 Å². The molecule has 0 heterocycles. The molecule has 0 bridgehead atoms. The number of hydrogen-bond donors (Lipinski definition) is 3. The summed E-state index contributed by atoms with van der Waals surface area (Å²) in [6.45, 7) is 15.2. The Balaban J connectivity index is 3.37. The third kappa shape index (κ3) is 9.23. The molecule has 1 aromatic rings. The summed E-state index contributed by atoms with van der Waals surface area (Å²) >= 11 is 0. The van der Waals surface area contributed by atoms with E-state index in [0.717, 1.165) is 12.8 Å². The summed E-state index contributed by atoms with van der Waals surface area (Å²) in [7, 11) is 0. The number of hydrogen-bond acceptors (Lipinski definition) is 5. The van der Waals surface area contributed by atoms with E-state index in [1.165, 1.54) is 17.0 Å². The first-order valence-corrected chi connectivity index (χ1v) is 12.2. The van der Waals surface area contributed by atoms with Crippen LogP contribution in [0.2, 0.25) is 0 Å². The molecule has 1 rings (SSSR count). The molecule has 0 saturated heterocycles. The van der Waals surface area contributed by atoms with Gasteiger partial charge in [-0.25, -0.2) is 4.79 Å². The minimum Gasteiger partial charge on any atom is -0.508 e. The van der Waals surface area contributed by atoms with Gasteiger partial charge in [0.15, 0.2) is 0 Å². The van der Waals surface area contributed by atoms with Crippen LogP contribution in [0, 0.1) is 5.92 Å². The number of aromatic hydroxyl groups is 1. The fourth-order valence-electron chi connectivity index (χ4n) is 3.69. The van der Waals surface area contributed by atoms with Crippen LogP contribution in [0.25, 0.3) is 0 Å². The molecular formula is C26H43N3O5. The van der Waals surface area contributed by atoms with Gasteiger partial charge in [0.05, 0.1) is 0 Å². The van der Waals surface area contributed by atoms with E-state index in [4.69, 9.17) is 4.74 Å². The molecule has 0 spiro atoms. The number of carbonyl (C=O) groups excluding carboxylic acids is 3. The average Bonchev–Trinajstić information content (AvgIpc) is 2.71. The first-order valence-electron chi connectivity index (χ1n) is 12.2. The van der Waals surface area contributed by atoms with E-state index in [9.17, 15) is 19.5 Å². The summed E-state index contributed by atoms with van der Waals surface area (Å²) in [4.78, 5) is 41.2. The maximum Gasteiger partial charge on any atom is 0.408 e. The summed E-state index contributed by atoms with van der Waals surface area (Å²) < 4.78 is 5.37. The molecule has 0 aliphatic heterocycles. The maximum absolute atomic E-state index is 13.8. The van der Waals surface area contributed by atoms with Crippen molar-refractivity contribution in [2.24, 2.45) is 5.92 Å². The van der Waals surface area contributed by atoms with Crippen LogP contribution in [0.3, 0.4) is 0 Å². The van der Waals surface area contributed by atoms with E-state index in [2.05, 4.69) is 10.6 Å². The molecule has 34 heavy (non-hydrogen) atoms. The van der Waals surface area contributed by atoms with E-state index in [-0.39, 0.29) is 29.5 Å². The molecule has 3 atom stereocenters. The third-order valence-corrected chi connectivity index (χ3v) is 5.23. The van der Waals surface area contributed by atoms with Crippen molar-refractivity contribution in [1.29, 1.82) is 0 Å². The van der Waals surface area contributed by atoms with Crippen LogP contribution in [0.1, 0.15) is 86.3 Å². The number of phenolic OH excluding ortho intramolecular Hbond substituents is 1. The van der Waals surface area contributed by atoms with E-state index in [0.29, 0.717) is 18.5 Å². The molecule has 3 unspecified atom stereocenters. The van der Waals surface area contributed by atoms with Gasteiger partial charge in [0.2, 0.25) is 11.8 Å². The molecule has 1 aromatic carbocycles. The number of nitrogens with zero attached hydrogens (tertiary/aromatic N) is 1. The molecule has 0 aliphatic rings. The van der Waals surface area contributed by atoms with Crippen LogP contribution in [0.4, 0.5) is 4.79 Å². The van der Waals surface area contributed by atoms with Crippen LogP contribution in [0.15, 0.2) is 24.3 Å². The van der Waals surface area contributed by atoms with Crippen LogP contribution >= 0.6 is 0 Å². The van der Waals surface area contributed by atoms with E-state index >= 15 is 0 Å². The van der Waals surface area contributed by atoms with E-state index in [1.54, 1.807) is 32.9 Å². The predicted molar refractivity (Wildman–Crippen MR) is 133 cm³/mol. The fourth-order valence-corrected chi connectivity index (χ4v) is 3.69. The summed E-state index contributed by atoms with van der Waals surface area (Å²) in [5.41, 5.74) is -0.123. The fraction of sp³-hybridized carbons (Fsp3) is 0.654. The lowest BCUT2D eigenvalue weighted by Crippen LogP contribution is -2.55. The largest absolute Gasteiger partial charge is 0.508 e. The summed E-state index contributed by atoms with van der Waals surface area (Å²) in [6.07, 6.45) is 1.66. The molecule has 3 N–H and O–H groups in total. The highest BCUT2D eigenvalue weighted by Gasteiger charge is 2.37. The number of benzene rings is 1. The van der Waals surface area contributed by atoms with Gasteiger partial charge in [-0.15, -0.1) is 0 Å². The number of nitrogens with one attached hydrogen (secondary N) is 2. The normalized spacial score (nSPS) is 14.1. The highest BCUT2D eigenvalue weighted by Crippen LogP contribution is 2.26. The first-order chi connectivity index (χ1) is 15.8. The Kier molecular flexibility index (Phi) is 11.4. The van der Waals surface area contributed by atoms with Gasteiger partial charge in [-0.2, -0.15) is 0 Å². The minimum atomic E-state index is -0.908. The molecule has 192 valence electrons. The molecule has 3 amide bonds. The number of phenols is 1. The zero-order valence-corrected chi connectivity index (χ0v) is 22.0. The topological polar surface area (TPSA) is 108 Å². The molecule has 0 radical (unpaired) electrons. The standard InChI is InChI=1S/C26H43N3O5/c1-9-11-18(5)27-23(31)22(19-12-14-20(30)15-13-19)29(16-10-2)24(32)21(17(3)4)28-25(33)34-26(6,7)8/h12-15,17-18,21-22,30H,9-11,16H2,1-8H3,(H,27,31)(H,28,33). The second-order valence-electron chi connectivity index (χ2n) is 10.1. The van der Waals surface area contributed by atoms with Gasteiger partial charge in [-0.1, -0.05) is 46.2 Å². The quantitative estimate of drug-likeness (QED) is 0.434. The Labute approximate surface area is 204 Å². The van der Waals surface area contributed by atoms with Crippen molar-refractivity contribution in [3.8, 4) is 5.75 Å². The molecule has 0 saturated carbocycles. The predicted octanol–water partition coefficient (Wildman–Crippen LogP) is 4.53. The smallest absolute Gasteiger partial charge is 0.408 e. The average molecular weight is 478 g/mol. The number of carbonyl (C=O) groups is 3. The molecule has 0 aromatic heterocycles. The van der Waals surface area contributed by atoms with Crippen molar-refractivity contribution in [2.75, 3.05) is 6.54 Å². The van der Waals surface area contributed by atoms with Gasteiger partial charge in [-0.3, -0.25) is 9.59 Å². The zero-order chi connectivity index (χ0) is 26.1. The van der Waals surface area contributed by atoms with Crippen molar-refractivity contribution < 1.29 is 24.2 Å². The third-order valence-electron chi connectivity index (χ3n) is 5.23. The van der Waals surface area contributed by atoms with Crippen LogP contribution < -0.4 is 10.6 Å². The summed E-state index contributed by atoms with van der Waals surface area (Å²) in [6, 6.07) is 4.45. The van der Waals surface area contributed by atoms with Crippen LogP contribution in [0.5, 0.6) is 5.75 Å². The highest BCUT2D eigenvalue weighted by atomic mass is 16.6. The monoisotopic (exact) mass is 477 g/mol.